The molecule has 0 radical (unpaired) electrons. The summed E-state index contributed by atoms with van der Waals surface area (Å²) in [6.45, 7) is 3.35. The van der Waals surface area contributed by atoms with Crippen LogP contribution in [0.25, 0.3) is 0 Å². The number of nitrogens with one attached hydrogen (secondary N) is 1. The fourth-order valence-corrected chi connectivity index (χ4v) is 4.72. The van der Waals surface area contributed by atoms with E-state index < -0.39 is 17.5 Å². The summed E-state index contributed by atoms with van der Waals surface area (Å²) >= 11 is 0. The van der Waals surface area contributed by atoms with Crippen molar-refractivity contribution < 1.29 is 14.7 Å². The third-order valence-corrected chi connectivity index (χ3v) is 6.30. The fourth-order valence-electron chi connectivity index (χ4n) is 4.72. The second-order valence-corrected chi connectivity index (χ2v) is 8.98. The van der Waals surface area contributed by atoms with Crippen molar-refractivity contribution in [3.63, 3.8) is 0 Å². The molecule has 4 N–H and O–H groups in total. The van der Waals surface area contributed by atoms with Crippen LogP contribution in [0.15, 0.2) is 29.3 Å². The molecule has 0 heterocycles. The Morgan fingerprint density at radius 3 is 2.32 bits per heavy atom. The minimum atomic E-state index is -1.05. The molecule has 2 aliphatic carbocycles. The van der Waals surface area contributed by atoms with Crippen LogP contribution in [-0.4, -0.2) is 23.3 Å². The van der Waals surface area contributed by atoms with E-state index >= 15 is 0 Å². The van der Waals surface area contributed by atoms with Crippen molar-refractivity contribution in [2.75, 3.05) is 5.32 Å². The quantitative estimate of drug-likeness (QED) is 0.641. The van der Waals surface area contributed by atoms with Crippen molar-refractivity contribution in [3.05, 3.63) is 63.2 Å². The molecule has 0 bridgehead atoms. The first kappa shape index (κ1) is 21.2. The number of carbonyl (C=O) groups is 2. The van der Waals surface area contributed by atoms with E-state index in [9.17, 15) is 14.7 Å². The number of benzene rings is 2. The molecule has 6 heteroatoms. The summed E-state index contributed by atoms with van der Waals surface area (Å²) in [5.74, 6) is -0.550. The lowest BCUT2D eigenvalue weighted by Crippen LogP contribution is -2.19. The van der Waals surface area contributed by atoms with Gasteiger partial charge in [0, 0.05) is 23.9 Å². The Labute approximate surface area is 182 Å². The van der Waals surface area contributed by atoms with Gasteiger partial charge in [0.2, 0.25) is 5.91 Å². The van der Waals surface area contributed by atoms with Crippen molar-refractivity contribution in [1.29, 1.82) is 0 Å². The number of rotatable bonds is 5. The van der Waals surface area contributed by atoms with Crippen LogP contribution in [-0.2, 0) is 37.7 Å². The Kier molecular flexibility index (Phi) is 5.67. The monoisotopic (exact) mass is 419 g/mol. The summed E-state index contributed by atoms with van der Waals surface area (Å²) < 4.78 is 0. The lowest BCUT2D eigenvalue weighted by Gasteiger charge is -2.19. The molecule has 6 nitrogen and oxygen atoms in total. The zero-order valence-electron chi connectivity index (χ0n) is 18.1. The van der Waals surface area contributed by atoms with Crippen LogP contribution >= 0.6 is 0 Å². The zero-order valence-corrected chi connectivity index (χ0v) is 18.1. The first-order valence-corrected chi connectivity index (χ1v) is 10.9. The van der Waals surface area contributed by atoms with Gasteiger partial charge in [-0.25, -0.2) is 9.79 Å². The minimum absolute atomic E-state index is 0.265. The van der Waals surface area contributed by atoms with E-state index in [-0.39, 0.29) is 6.42 Å². The first-order chi connectivity index (χ1) is 14.7. The SMILES string of the molecule is CC(C)(O)c1ccc(C(N)=O)c(CC=NC(=O)Nc2c3c(cc4c2CCC4)CCC3)c1. The minimum Gasteiger partial charge on any atom is -0.386 e. The molecule has 0 aromatic heterocycles. The number of aryl methyl sites for hydroxylation is 2. The van der Waals surface area contributed by atoms with Gasteiger partial charge < -0.3 is 16.2 Å². The first-order valence-electron chi connectivity index (χ1n) is 10.9. The van der Waals surface area contributed by atoms with E-state index in [0.29, 0.717) is 16.7 Å². The molecule has 2 aromatic rings. The second kappa shape index (κ2) is 8.27. The number of urea groups is 1. The van der Waals surface area contributed by atoms with Crippen LogP contribution in [0.1, 0.15) is 70.4 Å². The van der Waals surface area contributed by atoms with Crippen LogP contribution in [0.2, 0.25) is 0 Å². The zero-order chi connectivity index (χ0) is 22.2. The molecule has 0 aliphatic heterocycles. The molecule has 2 aromatic carbocycles. The van der Waals surface area contributed by atoms with Gasteiger partial charge in [0.1, 0.15) is 0 Å². The maximum absolute atomic E-state index is 12.6. The molecule has 4 rings (SSSR count). The van der Waals surface area contributed by atoms with Gasteiger partial charge in [-0.2, -0.15) is 0 Å². The third-order valence-electron chi connectivity index (χ3n) is 6.30. The van der Waals surface area contributed by atoms with E-state index in [4.69, 9.17) is 5.73 Å². The summed E-state index contributed by atoms with van der Waals surface area (Å²) in [6, 6.07) is 6.94. The van der Waals surface area contributed by atoms with Crippen molar-refractivity contribution in [2.24, 2.45) is 10.7 Å². The number of hydrogen-bond donors (Lipinski definition) is 3. The predicted octanol–water partition coefficient (Wildman–Crippen LogP) is 3.84. The largest absolute Gasteiger partial charge is 0.386 e. The smallest absolute Gasteiger partial charge is 0.345 e. The Hall–Kier alpha value is -2.99. The number of aliphatic imine (C=N–C) groups is 1. The van der Waals surface area contributed by atoms with Crippen LogP contribution in [0, 0.1) is 0 Å². The van der Waals surface area contributed by atoms with Crippen molar-refractivity contribution >= 4 is 23.8 Å². The highest BCUT2D eigenvalue weighted by molar-refractivity contribution is 5.98. The Morgan fingerprint density at radius 1 is 1.10 bits per heavy atom. The summed E-state index contributed by atoms with van der Waals surface area (Å²) in [7, 11) is 0. The highest BCUT2D eigenvalue weighted by atomic mass is 16.3. The molecule has 0 saturated carbocycles. The number of anilines is 1. The number of nitrogens with two attached hydrogens (primary N) is 1. The molecular formula is C25H29N3O3. The Balaban J connectivity index is 1.53. The molecule has 162 valence electrons. The molecule has 0 saturated heterocycles. The highest BCUT2D eigenvalue weighted by Crippen LogP contribution is 2.38. The second-order valence-electron chi connectivity index (χ2n) is 8.98. The van der Waals surface area contributed by atoms with E-state index in [0.717, 1.165) is 44.2 Å². The van der Waals surface area contributed by atoms with E-state index in [1.165, 1.54) is 28.5 Å². The molecule has 2 aliphatic rings. The number of fused-ring (bicyclic) bond motifs is 2. The van der Waals surface area contributed by atoms with Crippen LogP contribution < -0.4 is 11.1 Å². The van der Waals surface area contributed by atoms with Gasteiger partial charge in [0.15, 0.2) is 0 Å². The predicted molar refractivity (Wildman–Crippen MR) is 122 cm³/mol. The van der Waals surface area contributed by atoms with Gasteiger partial charge in [-0.3, -0.25) is 4.79 Å². The average Bonchev–Trinajstić information content (AvgIpc) is 3.36. The summed E-state index contributed by atoms with van der Waals surface area (Å²) in [5.41, 5.74) is 12.3. The molecule has 0 atom stereocenters. The topological polar surface area (TPSA) is 105 Å². The lowest BCUT2D eigenvalue weighted by atomic mass is 9.93. The maximum atomic E-state index is 12.6. The lowest BCUT2D eigenvalue weighted by molar-refractivity contribution is 0.0783. The third kappa shape index (κ3) is 4.39. The molecule has 3 amide bonds. The number of hydrogen-bond acceptors (Lipinski definition) is 3. The van der Waals surface area contributed by atoms with Crippen LogP contribution in [0.3, 0.4) is 0 Å². The van der Waals surface area contributed by atoms with Crippen molar-refractivity contribution in [2.45, 2.75) is 64.4 Å². The Morgan fingerprint density at radius 2 is 1.74 bits per heavy atom. The van der Waals surface area contributed by atoms with Gasteiger partial charge in [0.25, 0.3) is 0 Å². The van der Waals surface area contributed by atoms with Crippen molar-refractivity contribution in [3.8, 4) is 0 Å². The molecular weight excluding hydrogens is 390 g/mol. The summed E-state index contributed by atoms with van der Waals surface area (Å²) in [6.07, 6.45) is 8.14. The van der Waals surface area contributed by atoms with Gasteiger partial charge in [0.05, 0.1) is 5.60 Å². The molecule has 0 spiro atoms. The Bertz CT molecular complexity index is 1050. The number of amides is 3. The normalized spacial score (nSPS) is 15.2. The highest BCUT2D eigenvalue weighted by Gasteiger charge is 2.25. The van der Waals surface area contributed by atoms with E-state index in [2.05, 4.69) is 16.4 Å². The number of aliphatic hydroxyl groups is 1. The molecule has 0 unspecified atom stereocenters. The summed E-state index contributed by atoms with van der Waals surface area (Å²) in [4.78, 5) is 28.4. The van der Waals surface area contributed by atoms with Crippen LogP contribution in [0.4, 0.5) is 10.5 Å². The number of primary amides is 1. The standard InChI is InChI=1S/C25H29N3O3/c1-25(2,31)18-9-10-21(23(26)29)17(14-18)11-12-27-24(30)28-22-19-7-3-5-15(19)13-16-6-4-8-20(16)22/h9-10,12-14,31H,3-8,11H2,1-2H3,(H2,26,29)(H,28,30). The van der Waals surface area contributed by atoms with Gasteiger partial charge in [-0.15, -0.1) is 0 Å². The molecule has 31 heavy (non-hydrogen) atoms. The number of carbonyl (C=O) groups excluding carboxylic acids is 2. The molecule has 0 fully saturated rings. The average molecular weight is 420 g/mol. The van der Waals surface area contributed by atoms with Gasteiger partial charge in [-0.1, -0.05) is 18.2 Å². The van der Waals surface area contributed by atoms with E-state index in [1.54, 1.807) is 32.0 Å². The fraction of sp³-hybridized carbons (Fsp3) is 0.400. The van der Waals surface area contributed by atoms with Crippen LogP contribution in [0.5, 0.6) is 0 Å². The van der Waals surface area contributed by atoms with E-state index in [1.807, 2.05) is 0 Å². The summed E-state index contributed by atoms with van der Waals surface area (Å²) in [5, 5.41) is 13.3. The number of nitrogens with zero attached hydrogens (tertiary/aromatic N) is 1. The maximum Gasteiger partial charge on any atom is 0.345 e. The van der Waals surface area contributed by atoms with Crippen molar-refractivity contribution in [1.82, 2.24) is 0 Å². The van der Waals surface area contributed by atoms with Gasteiger partial charge >= 0.3 is 6.03 Å². The van der Waals surface area contributed by atoms with Gasteiger partial charge in [-0.05, 0) is 91.8 Å².